The summed E-state index contributed by atoms with van der Waals surface area (Å²) < 4.78 is 2.29. The van der Waals surface area contributed by atoms with E-state index in [0.29, 0.717) is 12.0 Å². The van der Waals surface area contributed by atoms with Crippen molar-refractivity contribution in [1.82, 2.24) is 14.5 Å². The molecular weight excluding hydrogens is 234 g/mol. The lowest BCUT2D eigenvalue weighted by Gasteiger charge is -2.17. The third-order valence-electron chi connectivity index (χ3n) is 3.59. The summed E-state index contributed by atoms with van der Waals surface area (Å²) in [7, 11) is 0. The largest absolute Gasteiger partial charge is 0.327 e. The van der Waals surface area contributed by atoms with E-state index in [9.17, 15) is 0 Å². The minimum atomic E-state index is 0.454. The lowest BCUT2D eigenvalue weighted by Crippen LogP contribution is -2.07. The molecule has 0 aliphatic heterocycles. The smallest absolute Gasteiger partial charge is 0.107 e. The van der Waals surface area contributed by atoms with Crippen molar-refractivity contribution in [2.24, 2.45) is 5.92 Å². The molecule has 0 bridgehead atoms. The number of fused-ring (bicyclic) bond motifs is 3. The molecule has 0 amide bonds. The average Bonchev–Trinajstić information content (AvgIpc) is 2.82. The zero-order chi connectivity index (χ0) is 13.4. The van der Waals surface area contributed by atoms with Crippen molar-refractivity contribution in [3.63, 3.8) is 0 Å². The molecule has 3 aromatic rings. The second kappa shape index (κ2) is 4.65. The van der Waals surface area contributed by atoms with Crippen LogP contribution < -0.4 is 0 Å². The van der Waals surface area contributed by atoms with E-state index in [2.05, 4.69) is 53.5 Å². The normalized spacial score (nSPS) is 13.5. The molecule has 3 nitrogen and oxygen atoms in total. The highest BCUT2D eigenvalue weighted by Crippen LogP contribution is 2.27. The minimum Gasteiger partial charge on any atom is -0.327 e. The summed E-state index contributed by atoms with van der Waals surface area (Å²) in [4.78, 5) is 8.96. The van der Waals surface area contributed by atoms with E-state index in [0.717, 1.165) is 17.5 Å². The van der Waals surface area contributed by atoms with Gasteiger partial charge in [0.25, 0.3) is 0 Å². The second-order valence-corrected chi connectivity index (χ2v) is 5.64. The number of benzene rings is 1. The van der Waals surface area contributed by atoms with Crippen LogP contribution in [0.3, 0.4) is 0 Å². The van der Waals surface area contributed by atoms with Gasteiger partial charge in [-0.1, -0.05) is 32.0 Å². The molecule has 3 heteroatoms. The fourth-order valence-corrected chi connectivity index (χ4v) is 2.79. The van der Waals surface area contributed by atoms with Crippen molar-refractivity contribution in [1.29, 1.82) is 0 Å². The zero-order valence-electron chi connectivity index (χ0n) is 11.7. The first-order chi connectivity index (χ1) is 9.16. The molecule has 0 saturated carbocycles. The number of hydrogen-bond donors (Lipinski definition) is 0. The standard InChI is InChI=1S/C16H19N3/c1-11(2)8-12(3)19-10-18-15-9-17-14-7-5-4-6-13(14)16(15)19/h4-7,9-12H,8H2,1-3H3. The monoisotopic (exact) mass is 253 g/mol. The molecule has 3 rings (SSSR count). The molecule has 0 spiro atoms. The fourth-order valence-electron chi connectivity index (χ4n) is 2.79. The number of aromatic nitrogens is 3. The van der Waals surface area contributed by atoms with Crippen molar-refractivity contribution in [2.45, 2.75) is 33.2 Å². The van der Waals surface area contributed by atoms with Crippen molar-refractivity contribution in [2.75, 3.05) is 0 Å². The molecule has 2 aromatic heterocycles. The van der Waals surface area contributed by atoms with E-state index in [-0.39, 0.29) is 0 Å². The zero-order valence-corrected chi connectivity index (χ0v) is 11.7. The Bertz CT molecular complexity index is 712. The summed E-state index contributed by atoms with van der Waals surface area (Å²) in [5.41, 5.74) is 3.22. The first-order valence-electron chi connectivity index (χ1n) is 6.87. The lowest BCUT2D eigenvalue weighted by atomic mass is 10.0. The average molecular weight is 253 g/mol. The van der Waals surface area contributed by atoms with Crippen LogP contribution in [0.1, 0.15) is 33.2 Å². The van der Waals surface area contributed by atoms with Gasteiger partial charge in [-0.2, -0.15) is 0 Å². The van der Waals surface area contributed by atoms with Gasteiger partial charge in [-0.25, -0.2) is 4.98 Å². The Morgan fingerprint density at radius 3 is 2.63 bits per heavy atom. The molecule has 1 aromatic carbocycles. The Labute approximate surface area is 113 Å². The van der Waals surface area contributed by atoms with Crippen LogP contribution in [0, 0.1) is 5.92 Å². The molecule has 19 heavy (non-hydrogen) atoms. The Morgan fingerprint density at radius 1 is 1.05 bits per heavy atom. The van der Waals surface area contributed by atoms with Gasteiger partial charge in [0.05, 0.1) is 23.6 Å². The van der Waals surface area contributed by atoms with Crippen molar-refractivity contribution in [3.8, 4) is 0 Å². The number of hydrogen-bond acceptors (Lipinski definition) is 2. The summed E-state index contributed by atoms with van der Waals surface area (Å²) in [6, 6.07) is 8.73. The highest BCUT2D eigenvalue weighted by molar-refractivity contribution is 6.01. The molecule has 0 saturated heterocycles. The number of pyridine rings is 1. The molecule has 0 N–H and O–H groups in total. The van der Waals surface area contributed by atoms with Gasteiger partial charge in [-0.15, -0.1) is 0 Å². The van der Waals surface area contributed by atoms with Crippen LogP contribution in [0.5, 0.6) is 0 Å². The molecule has 0 aliphatic carbocycles. The maximum Gasteiger partial charge on any atom is 0.107 e. The van der Waals surface area contributed by atoms with Crippen LogP contribution >= 0.6 is 0 Å². The predicted octanol–water partition coefficient (Wildman–Crippen LogP) is 4.19. The second-order valence-electron chi connectivity index (χ2n) is 5.64. The Hall–Kier alpha value is -1.90. The summed E-state index contributed by atoms with van der Waals surface area (Å²) in [6.45, 7) is 6.78. The van der Waals surface area contributed by atoms with Crippen LogP contribution in [0.15, 0.2) is 36.8 Å². The van der Waals surface area contributed by atoms with E-state index >= 15 is 0 Å². The molecule has 0 aliphatic rings. The lowest BCUT2D eigenvalue weighted by molar-refractivity contribution is 0.436. The predicted molar refractivity (Wildman–Crippen MR) is 79.2 cm³/mol. The van der Waals surface area contributed by atoms with Crippen molar-refractivity contribution in [3.05, 3.63) is 36.8 Å². The number of nitrogens with zero attached hydrogens (tertiary/aromatic N) is 3. The summed E-state index contributed by atoms with van der Waals surface area (Å²) in [6.07, 6.45) is 4.98. The van der Waals surface area contributed by atoms with Crippen LogP contribution in [0.4, 0.5) is 0 Å². The fraction of sp³-hybridized carbons (Fsp3) is 0.375. The van der Waals surface area contributed by atoms with Gasteiger partial charge in [0.1, 0.15) is 5.52 Å². The summed E-state index contributed by atoms with van der Waals surface area (Å²) in [5, 5.41) is 1.19. The quantitative estimate of drug-likeness (QED) is 0.700. The maximum absolute atomic E-state index is 4.50. The summed E-state index contributed by atoms with van der Waals surface area (Å²) in [5.74, 6) is 0.681. The van der Waals surface area contributed by atoms with Crippen LogP contribution in [-0.2, 0) is 0 Å². The maximum atomic E-state index is 4.50. The Balaban J connectivity index is 2.23. The highest BCUT2D eigenvalue weighted by Gasteiger charge is 2.13. The van der Waals surface area contributed by atoms with Crippen LogP contribution in [0.25, 0.3) is 21.9 Å². The molecule has 0 fully saturated rings. The SMILES string of the molecule is CC(C)CC(C)n1cnc2cnc3ccccc3c21. The van der Waals surface area contributed by atoms with Gasteiger partial charge >= 0.3 is 0 Å². The number of imidazole rings is 1. The van der Waals surface area contributed by atoms with E-state index < -0.39 is 0 Å². The topological polar surface area (TPSA) is 30.7 Å². The number of rotatable bonds is 3. The van der Waals surface area contributed by atoms with Gasteiger partial charge in [0.15, 0.2) is 0 Å². The third kappa shape index (κ3) is 2.09. The Morgan fingerprint density at radius 2 is 1.84 bits per heavy atom. The van der Waals surface area contributed by atoms with E-state index in [1.165, 1.54) is 10.9 Å². The summed E-state index contributed by atoms with van der Waals surface area (Å²) >= 11 is 0. The number of para-hydroxylation sites is 1. The van der Waals surface area contributed by atoms with Gasteiger partial charge in [-0.05, 0) is 25.3 Å². The van der Waals surface area contributed by atoms with Gasteiger partial charge in [0, 0.05) is 11.4 Å². The third-order valence-corrected chi connectivity index (χ3v) is 3.59. The molecular formula is C16H19N3. The molecule has 0 radical (unpaired) electrons. The first-order valence-corrected chi connectivity index (χ1v) is 6.87. The van der Waals surface area contributed by atoms with Gasteiger partial charge in [0.2, 0.25) is 0 Å². The molecule has 1 atom stereocenters. The Kier molecular flexibility index (Phi) is 2.97. The highest BCUT2D eigenvalue weighted by atomic mass is 15.1. The minimum absolute atomic E-state index is 0.454. The van der Waals surface area contributed by atoms with Crippen molar-refractivity contribution >= 4 is 21.9 Å². The van der Waals surface area contributed by atoms with Crippen molar-refractivity contribution < 1.29 is 0 Å². The molecule has 98 valence electrons. The van der Waals surface area contributed by atoms with Gasteiger partial charge < -0.3 is 4.57 Å². The van der Waals surface area contributed by atoms with Gasteiger partial charge in [-0.3, -0.25) is 4.98 Å². The van der Waals surface area contributed by atoms with Crippen LogP contribution in [-0.4, -0.2) is 14.5 Å². The van der Waals surface area contributed by atoms with E-state index in [1.807, 2.05) is 18.6 Å². The molecule has 2 heterocycles. The van der Waals surface area contributed by atoms with E-state index in [1.54, 1.807) is 0 Å². The van der Waals surface area contributed by atoms with E-state index in [4.69, 9.17) is 0 Å². The first kappa shape index (κ1) is 12.2. The molecule has 1 unspecified atom stereocenters. The van der Waals surface area contributed by atoms with Crippen LogP contribution in [0.2, 0.25) is 0 Å².